The van der Waals surface area contributed by atoms with Crippen LogP contribution in [0.25, 0.3) is 0 Å². The maximum absolute atomic E-state index is 13.3. The van der Waals surface area contributed by atoms with E-state index in [0.29, 0.717) is 16.4 Å². The molecule has 0 unspecified atom stereocenters. The maximum atomic E-state index is 13.3. The number of esters is 1. The number of hydrogen-bond acceptors (Lipinski definition) is 3. The Hall–Kier alpha value is -2.73. The minimum atomic E-state index is -0.498. The highest BCUT2D eigenvalue weighted by atomic mass is 32.1. The van der Waals surface area contributed by atoms with E-state index in [2.05, 4.69) is 5.32 Å². The van der Waals surface area contributed by atoms with Gasteiger partial charge in [-0.1, -0.05) is 30.3 Å². The molecule has 0 bridgehead atoms. The number of rotatable bonds is 4. The van der Waals surface area contributed by atoms with E-state index in [0.717, 1.165) is 11.3 Å². The molecule has 0 amide bonds. The summed E-state index contributed by atoms with van der Waals surface area (Å²) in [4.78, 5) is 14.5. The van der Waals surface area contributed by atoms with E-state index in [9.17, 15) is 9.18 Å². The molecule has 0 saturated carbocycles. The van der Waals surface area contributed by atoms with Gasteiger partial charge in [0.2, 0.25) is 0 Å². The maximum Gasteiger partial charge on any atom is 0.338 e. The third-order valence-corrected chi connectivity index (χ3v) is 4.50. The van der Waals surface area contributed by atoms with Crippen molar-refractivity contribution in [2.75, 3.05) is 11.5 Å². The van der Waals surface area contributed by atoms with Crippen LogP contribution in [0.4, 0.5) is 10.1 Å². The van der Waals surface area contributed by atoms with Crippen LogP contribution in [-0.2, 0) is 9.53 Å². The number of allylic oxidation sites excluding steroid dienone is 1. The number of nitrogens with one attached hydrogen (secondary N) is 1. The molecule has 4 nitrogen and oxygen atoms in total. The van der Waals surface area contributed by atoms with E-state index in [1.807, 2.05) is 42.2 Å². The molecule has 0 aromatic heterocycles. The number of carbonyl (C=O) groups excluding carboxylic acids is 1. The summed E-state index contributed by atoms with van der Waals surface area (Å²) in [5, 5.41) is 3.67. The quantitative estimate of drug-likeness (QED) is 0.648. The Kier molecular flexibility index (Phi) is 5.32. The van der Waals surface area contributed by atoms with E-state index >= 15 is 0 Å². The van der Waals surface area contributed by atoms with E-state index in [1.54, 1.807) is 19.1 Å². The van der Waals surface area contributed by atoms with Gasteiger partial charge in [0.1, 0.15) is 5.82 Å². The van der Waals surface area contributed by atoms with Crippen LogP contribution >= 0.6 is 12.2 Å². The molecule has 3 rings (SSSR count). The van der Waals surface area contributed by atoms with E-state index in [4.69, 9.17) is 17.0 Å². The first-order valence-electron chi connectivity index (χ1n) is 8.32. The summed E-state index contributed by atoms with van der Waals surface area (Å²) in [5.74, 6) is -0.758. The third-order valence-electron chi connectivity index (χ3n) is 4.20. The van der Waals surface area contributed by atoms with Crippen molar-refractivity contribution in [1.82, 2.24) is 5.32 Å². The Morgan fingerprint density at radius 3 is 2.46 bits per heavy atom. The highest BCUT2D eigenvalue weighted by Crippen LogP contribution is 2.34. The van der Waals surface area contributed by atoms with Gasteiger partial charge in [-0.05, 0) is 55.9 Å². The molecule has 0 spiro atoms. The molecule has 0 aliphatic carbocycles. The minimum Gasteiger partial charge on any atom is -0.463 e. The standard InChI is InChI=1S/C20H19FN2O2S/c1-3-25-19(24)17-13(2)23(16-7-5-4-6-8-16)20(26)22-18(17)14-9-11-15(21)12-10-14/h4-12,18H,3H2,1-2H3,(H,22,26)/t18-/m1/s1. The molecule has 1 N–H and O–H groups in total. The van der Waals surface area contributed by atoms with Gasteiger partial charge in [0, 0.05) is 11.4 Å². The fourth-order valence-electron chi connectivity index (χ4n) is 3.01. The number of nitrogens with zero attached hydrogens (tertiary/aromatic N) is 1. The van der Waals surface area contributed by atoms with Crippen LogP contribution in [0.15, 0.2) is 65.9 Å². The van der Waals surface area contributed by atoms with Gasteiger partial charge >= 0.3 is 5.97 Å². The van der Waals surface area contributed by atoms with E-state index in [-0.39, 0.29) is 12.4 Å². The lowest BCUT2D eigenvalue weighted by Crippen LogP contribution is -2.48. The van der Waals surface area contributed by atoms with Crippen molar-refractivity contribution in [3.63, 3.8) is 0 Å². The van der Waals surface area contributed by atoms with Crippen molar-refractivity contribution >= 4 is 29.0 Å². The van der Waals surface area contributed by atoms with Gasteiger partial charge in [0.25, 0.3) is 0 Å². The lowest BCUT2D eigenvalue weighted by Gasteiger charge is -2.37. The predicted molar refractivity (Wildman–Crippen MR) is 103 cm³/mol. The number of hydrogen-bond donors (Lipinski definition) is 1. The number of benzene rings is 2. The first-order chi connectivity index (χ1) is 12.5. The van der Waals surface area contributed by atoms with Gasteiger partial charge in [-0.15, -0.1) is 0 Å². The lowest BCUT2D eigenvalue weighted by atomic mass is 9.94. The zero-order valence-electron chi connectivity index (χ0n) is 14.5. The molecule has 134 valence electrons. The molecule has 6 heteroatoms. The molecule has 0 radical (unpaired) electrons. The predicted octanol–water partition coefficient (Wildman–Crippen LogP) is 4.10. The Morgan fingerprint density at radius 1 is 1.19 bits per heavy atom. The van der Waals surface area contributed by atoms with Crippen molar-refractivity contribution in [1.29, 1.82) is 0 Å². The van der Waals surface area contributed by atoms with Crippen molar-refractivity contribution in [3.05, 3.63) is 77.2 Å². The molecule has 1 atom stereocenters. The SMILES string of the molecule is CCOC(=O)C1=C(C)N(c2ccccc2)C(=S)N[C@@H]1c1ccc(F)cc1. The Labute approximate surface area is 157 Å². The van der Waals surface area contributed by atoms with Gasteiger partial charge in [-0.3, -0.25) is 4.90 Å². The molecule has 26 heavy (non-hydrogen) atoms. The molecule has 2 aromatic rings. The van der Waals surface area contributed by atoms with Gasteiger partial charge in [-0.25, -0.2) is 9.18 Å². The van der Waals surface area contributed by atoms with Crippen LogP contribution in [0, 0.1) is 5.82 Å². The second-order valence-corrected chi connectivity index (χ2v) is 6.21. The summed E-state index contributed by atoms with van der Waals surface area (Å²) in [5.41, 5.74) is 2.73. The minimum absolute atomic E-state index is 0.265. The molecule has 1 aliphatic heterocycles. The van der Waals surface area contributed by atoms with Crippen LogP contribution in [-0.4, -0.2) is 17.7 Å². The number of halogens is 1. The number of para-hydroxylation sites is 1. The summed E-state index contributed by atoms with van der Waals surface area (Å²) < 4.78 is 18.6. The molecule has 1 heterocycles. The molecule has 0 saturated heterocycles. The summed E-state index contributed by atoms with van der Waals surface area (Å²) in [6, 6.07) is 15.1. The van der Waals surface area contributed by atoms with Gasteiger partial charge < -0.3 is 10.1 Å². The zero-order chi connectivity index (χ0) is 18.7. The van der Waals surface area contributed by atoms with Gasteiger partial charge in [-0.2, -0.15) is 0 Å². The normalized spacial score (nSPS) is 17.1. The summed E-state index contributed by atoms with van der Waals surface area (Å²) in [6.45, 7) is 3.86. The van der Waals surface area contributed by atoms with Crippen LogP contribution < -0.4 is 10.2 Å². The van der Waals surface area contributed by atoms with Gasteiger partial charge in [0.15, 0.2) is 5.11 Å². The van der Waals surface area contributed by atoms with Crippen molar-refractivity contribution in [3.8, 4) is 0 Å². The molecule has 0 fully saturated rings. The number of ether oxygens (including phenoxy) is 1. The average Bonchev–Trinajstić information content (AvgIpc) is 2.63. The van der Waals surface area contributed by atoms with Crippen LogP contribution in [0.2, 0.25) is 0 Å². The van der Waals surface area contributed by atoms with Crippen LogP contribution in [0.5, 0.6) is 0 Å². The summed E-state index contributed by atoms with van der Waals surface area (Å²) in [6.07, 6.45) is 0. The van der Waals surface area contributed by atoms with Gasteiger partial charge in [0.05, 0.1) is 18.2 Å². The summed E-state index contributed by atoms with van der Waals surface area (Å²) in [7, 11) is 0. The van der Waals surface area contributed by atoms with E-state index < -0.39 is 12.0 Å². The second-order valence-electron chi connectivity index (χ2n) is 5.82. The summed E-state index contributed by atoms with van der Waals surface area (Å²) >= 11 is 5.55. The number of thiocarbonyl (C=S) groups is 1. The topological polar surface area (TPSA) is 41.6 Å². The average molecular weight is 370 g/mol. The monoisotopic (exact) mass is 370 g/mol. The number of anilines is 1. The van der Waals surface area contributed by atoms with Crippen LogP contribution in [0.3, 0.4) is 0 Å². The van der Waals surface area contributed by atoms with Crippen molar-refractivity contribution < 1.29 is 13.9 Å². The van der Waals surface area contributed by atoms with E-state index in [1.165, 1.54) is 12.1 Å². The van der Waals surface area contributed by atoms with Crippen molar-refractivity contribution in [2.45, 2.75) is 19.9 Å². The molecule has 1 aliphatic rings. The first-order valence-corrected chi connectivity index (χ1v) is 8.72. The molecular weight excluding hydrogens is 351 g/mol. The van der Waals surface area contributed by atoms with Crippen molar-refractivity contribution in [2.24, 2.45) is 0 Å². The lowest BCUT2D eigenvalue weighted by molar-refractivity contribution is -0.139. The Balaban J connectivity index is 2.11. The molecular formula is C20H19FN2O2S. The second kappa shape index (κ2) is 7.66. The third kappa shape index (κ3) is 3.46. The van der Waals surface area contributed by atoms with Crippen LogP contribution in [0.1, 0.15) is 25.5 Å². The highest BCUT2D eigenvalue weighted by Gasteiger charge is 2.35. The smallest absolute Gasteiger partial charge is 0.338 e. The fraction of sp³-hybridized carbons (Fsp3) is 0.200. The Bertz CT molecular complexity index is 850. The largest absolute Gasteiger partial charge is 0.463 e. The highest BCUT2D eigenvalue weighted by molar-refractivity contribution is 7.80. The Morgan fingerprint density at radius 2 is 1.85 bits per heavy atom. The molecule has 2 aromatic carbocycles. The fourth-order valence-corrected chi connectivity index (χ4v) is 3.37. The first kappa shape index (κ1) is 18.1. The zero-order valence-corrected chi connectivity index (χ0v) is 15.3. The number of carbonyl (C=O) groups is 1.